The third-order valence-corrected chi connectivity index (χ3v) is 4.17. The van der Waals surface area contributed by atoms with Gasteiger partial charge < -0.3 is 10.2 Å². The van der Waals surface area contributed by atoms with Gasteiger partial charge >= 0.3 is 0 Å². The van der Waals surface area contributed by atoms with Crippen molar-refractivity contribution in [3.8, 4) is 0 Å². The van der Waals surface area contributed by atoms with Crippen molar-refractivity contribution in [3.05, 3.63) is 0 Å². The Kier molecular flexibility index (Phi) is 5.96. The van der Waals surface area contributed by atoms with Crippen molar-refractivity contribution in [3.63, 3.8) is 0 Å². The van der Waals surface area contributed by atoms with E-state index in [9.17, 15) is 4.79 Å². The Morgan fingerprint density at radius 2 is 2.00 bits per heavy atom. The predicted molar refractivity (Wildman–Crippen MR) is 71.9 cm³/mol. The molecule has 0 saturated heterocycles. The molecule has 3 unspecified atom stereocenters. The number of amides is 1. The van der Waals surface area contributed by atoms with Gasteiger partial charge in [-0.3, -0.25) is 4.79 Å². The number of hydrogen-bond donors (Lipinski definition) is 1. The second kappa shape index (κ2) is 7.00. The highest BCUT2D eigenvalue weighted by Gasteiger charge is 2.25. The summed E-state index contributed by atoms with van der Waals surface area (Å²) in [5.74, 6) is 1.82. The summed E-state index contributed by atoms with van der Waals surface area (Å²) in [5, 5.41) is 3.41. The number of likely N-dealkylation sites (N-methyl/N-ethyl adjacent to an activating group) is 1. The van der Waals surface area contributed by atoms with Gasteiger partial charge in [-0.25, -0.2) is 0 Å². The Balaban J connectivity index is 2.33. The molecule has 3 atom stereocenters. The van der Waals surface area contributed by atoms with E-state index in [-0.39, 0.29) is 11.9 Å². The molecular weight excluding hydrogens is 212 g/mol. The van der Waals surface area contributed by atoms with Crippen LogP contribution in [0.3, 0.4) is 0 Å². The molecule has 1 rings (SSSR count). The maximum absolute atomic E-state index is 12.1. The maximum atomic E-state index is 12.1. The third kappa shape index (κ3) is 3.98. The number of hydrogen-bond acceptors (Lipinski definition) is 2. The molecule has 1 aliphatic rings. The molecule has 0 aromatic heterocycles. The zero-order valence-electron chi connectivity index (χ0n) is 11.8. The van der Waals surface area contributed by atoms with E-state index in [4.69, 9.17) is 0 Å². The Hall–Kier alpha value is -0.570. The van der Waals surface area contributed by atoms with Crippen LogP contribution in [0.5, 0.6) is 0 Å². The van der Waals surface area contributed by atoms with Crippen LogP contribution >= 0.6 is 0 Å². The van der Waals surface area contributed by atoms with Crippen molar-refractivity contribution in [2.45, 2.75) is 53.0 Å². The van der Waals surface area contributed by atoms with Crippen molar-refractivity contribution >= 4 is 5.91 Å². The van der Waals surface area contributed by atoms with Crippen molar-refractivity contribution < 1.29 is 4.79 Å². The number of carbonyl (C=O) groups excluding carboxylic acids is 1. The van der Waals surface area contributed by atoms with E-state index < -0.39 is 0 Å². The van der Waals surface area contributed by atoms with E-state index in [0.29, 0.717) is 0 Å². The van der Waals surface area contributed by atoms with Gasteiger partial charge in [0.25, 0.3) is 0 Å². The molecule has 1 aliphatic carbocycles. The first-order chi connectivity index (χ1) is 8.10. The average Bonchev–Trinajstić information content (AvgIpc) is 2.73. The van der Waals surface area contributed by atoms with Crippen LogP contribution in [-0.4, -0.2) is 36.5 Å². The Labute approximate surface area is 106 Å². The maximum Gasteiger partial charge on any atom is 0.239 e. The van der Waals surface area contributed by atoms with Crippen molar-refractivity contribution in [2.24, 2.45) is 11.8 Å². The lowest BCUT2D eigenvalue weighted by Crippen LogP contribution is -2.46. The summed E-state index contributed by atoms with van der Waals surface area (Å²) in [6.45, 7) is 11.0. The largest absolute Gasteiger partial charge is 0.342 e. The summed E-state index contributed by atoms with van der Waals surface area (Å²) < 4.78 is 0. The zero-order chi connectivity index (χ0) is 12.8. The molecule has 3 nitrogen and oxygen atoms in total. The fourth-order valence-electron chi connectivity index (χ4n) is 2.75. The molecule has 0 heterocycles. The molecule has 17 heavy (non-hydrogen) atoms. The fourth-order valence-corrected chi connectivity index (χ4v) is 2.75. The highest BCUT2D eigenvalue weighted by molar-refractivity contribution is 5.81. The first-order valence-electron chi connectivity index (χ1n) is 7.12. The predicted octanol–water partition coefficient (Wildman–Crippen LogP) is 2.27. The van der Waals surface area contributed by atoms with Gasteiger partial charge in [-0.05, 0) is 45.6 Å². The van der Waals surface area contributed by atoms with Crippen LogP contribution in [0.4, 0.5) is 0 Å². The third-order valence-electron chi connectivity index (χ3n) is 4.17. The van der Waals surface area contributed by atoms with E-state index in [1.807, 2.05) is 25.7 Å². The molecule has 1 saturated carbocycles. The quantitative estimate of drug-likeness (QED) is 0.772. The molecule has 0 aromatic carbocycles. The molecule has 1 amide bonds. The summed E-state index contributed by atoms with van der Waals surface area (Å²) in [6, 6.07) is -0.0392. The van der Waals surface area contributed by atoms with Crippen molar-refractivity contribution in [1.29, 1.82) is 0 Å². The Morgan fingerprint density at radius 1 is 1.35 bits per heavy atom. The minimum atomic E-state index is -0.0392. The summed E-state index contributed by atoms with van der Waals surface area (Å²) >= 11 is 0. The Bertz CT molecular complexity index is 238. The minimum absolute atomic E-state index is 0.0392. The summed E-state index contributed by atoms with van der Waals surface area (Å²) in [4.78, 5) is 14.0. The van der Waals surface area contributed by atoms with Crippen LogP contribution in [0.1, 0.15) is 47.0 Å². The second-order valence-electron chi connectivity index (χ2n) is 5.31. The molecule has 0 radical (unpaired) electrons. The molecule has 1 N–H and O–H groups in total. The van der Waals surface area contributed by atoms with Gasteiger partial charge in [-0.15, -0.1) is 0 Å². The van der Waals surface area contributed by atoms with E-state index in [0.717, 1.165) is 31.5 Å². The molecule has 0 bridgehead atoms. The van der Waals surface area contributed by atoms with Gasteiger partial charge in [0.2, 0.25) is 5.91 Å². The summed E-state index contributed by atoms with van der Waals surface area (Å²) in [7, 11) is 0. The number of carbonyl (C=O) groups is 1. The fraction of sp³-hybridized carbons (Fsp3) is 0.929. The number of nitrogens with one attached hydrogen (secondary N) is 1. The topological polar surface area (TPSA) is 32.3 Å². The number of nitrogens with zero attached hydrogens (tertiary/aromatic N) is 1. The molecule has 0 aliphatic heterocycles. The molecule has 100 valence electrons. The first kappa shape index (κ1) is 14.5. The molecule has 0 aromatic rings. The SMILES string of the molecule is CCN(CC)C(=O)C(C)NCC1CCCC1C. The molecule has 3 heteroatoms. The highest BCUT2D eigenvalue weighted by atomic mass is 16.2. The van der Waals surface area contributed by atoms with Gasteiger partial charge in [0.05, 0.1) is 6.04 Å². The van der Waals surface area contributed by atoms with Crippen LogP contribution in [0, 0.1) is 11.8 Å². The van der Waals surface area contributed by atoms with E-state index in [1.54, 1.807) is 0 Å². The van der Waals surface area contributed by atoms with Crippen LogP contribution < -0.4 is 5.32 Å². The van der Waals surface area contributed by atoms with Crippen LogP contribution in [-0.2, 0) is 4.79 Å². The lowest BCUT2D eigenvalue weighted by Gasteiger charge is -2.25. The molecular formula is C14H28N2O. The second-order valence-corrected chi connectivity index (χ2v) is 5.31. The van der Waals surface area contributed by atoms with Crippen molar-refractivity contribution in [1.82, 2.24) is 10.2 Å². The highest BCUT2D eigenvalue weighted by Crippen LogP contribution is 2.30. The first-order valence-corrected chi connectivity index (χ1v) is 7.12. The van der Waals surface area contributed by atoms with E-state index in [2.05, 4.69) is 12.2 Å². The zero-order valence-corrected chi connectivity index (χ0v) is 11.8. The van der Waals surface area contributed by atoms with Crippen LogP contribution in [0.15, 0.2) is 0 Å². The van der Waals surface area contributed by atoms with Crippen molar-refractivity contribution in [2.75, 3.05) is 19.6 Å². The van der Waals surface area contributed by atoms with Gasteiger partial charge in [0.15, 0.2) is 0 Å². The van der Waals surface area contributed by atoms with Gasteiger partial charge in [0, 0.05) is 13.1 Å². The van der Waals surface area contributed by atoms with E-state index >= 15 is 0 Å². The molecule has 1 fully saturated rings. The van der Waals surface area contributed by atoms with Crippen LogP contribution in [0.25, 0.3) is 0 Å². The lowest BCUT2D eigenvalue weighted by molar-refractivity contribution is -0.132. The summed E-state index contributed by atoms with van der Waals surface area (Å²) in [6.07, 6.45) is 4.02. The standard InChI is InChI=1S/C14H28N2O/c1-5-16(6-2)14(17)12(4)15-10-13-9-7-8-11(13)3/h11-13,15H,5-10H2,1-4H3. The molecule has 0 spiro atoms. The average molecular weight is 240 g/mol. The van der Waals surface area contributed by atoms with Gasteiger partial charge in [-0.2, -0.15) is 0 Å². The lowest BCUT2D eigenvalue weighted by atomic mass is 9.98. The Morgan fingerprint density at radius 3 is 2.47 bits per heavy atom. The smallest absolute Gasteiger partial charge is 0.239 e. The monoisotopic (exact) mass is 240 g/mol. The minimum Gasteiger partial charge on any atom is -0.342 e. The van der Waals surface area contributed by atoms with Gasteiger partial charge in [-0.1, -0.05) is 19.8 Å². The van der Waals surface area contributed by atoms with E-state index in [1.165, 1.54) is 19.3 Å². The summed E-state index contributed by atoms with van der Waals surface area (Å²) in [5.41, 5.74) is 0. The number of rotatable bonds is 6. The van der Waals surface area contributed by atoms with Gasteiger partial charge in [0.1, 0.15) is 0 Å². The van der Waals surface area contributed by atoms with Crippen LogP contribution in [0.2, 0.25) is 0 Å². The normalized spacial score (nSPS) is 25.9.